The van der Waals surface area contributed by atoms with Gasteiger partial charge in [0.2, 0.25) is 59.1 Å². The molecule has 3 rings (SSSR count). The Morgan fingerprint density at radius 1 is 0.618 bits per heavy atom. The van der Waals surface area contributed by atoms with Crippen molar-refractivity contribution < 1.29 is 85.8 Å². The van der Waals surface area contributed by atoms with Gasteiger partial charge in [0.1, 0.15) is 60.2 Å². The molecule has 0 saturated carbocycles. The number of nitrogens with one attached hydrogen (secondary N) is 12. The summed E-state index contributed by atoms with van der Waals surface area (Å²) in [4.78, 5) is 163. The van der Waals surface area contributed by atoms with Crippen molar-refractivity contribution in [3.05, 3.63) is 36.4 Å². The molecular weight excluding hydrogens is 1190 g/mol. The second kappa shape index (κ2) is 37.4. The second-order valence-electron chi connectivity index (χ2n) is 23.3. The van der Waals surface area contributed by atoms with Crippen LogP contribution in [0.3, 0.4) is 0 Å². The van der Waals surface area contributed by atoms with Crippen LogP contribution in [0.2, 0.25) is 0 Å². The van der Waals surface area contributed by atoms with Crippen molar-refractivity contribution >= 4 is 75.2 Å². The monoisotopic (exact) mass is 1280 g/mol. The van der Waals surface area contributed by atoms with Crippen molar-refractivity contribution in [2.24, 2.45) is 11.8 Å². The number of amides is 10. The van der Waals surface area contributed by atoms with E-state index in [0.717, 1.165) is 52.9 Å². The van der Waals surface area contributed by atoms with Crippen LogP contribution in [0.15, 0.2) is 25.0 Å². The van der Waals surface area contributed by atoms with Gasteiger partial charge < -0.3 is 83.2 Å². The fourth-order valence-electron chi connectivity index (χ4n) is 9.22. The number of aliphatic hydroxyl groups excluding tert-OH is 3. The Balaban J connectivity index is 1.73. The molecule has 13 atom stereocenters. The summed E-state index contributed by atoms with van der Waals surface area (Å²) in [6.45, 7) is 13.5. The normalized spacial score (nSPS) is 21.2. The summed E-state index contributed by atoms with van der Waals surface area (Å²) in [5, 5.41) is 56.0. The number of hydrogen-bond donors (Lipinski definition) is 16. The Morgan fingerprint density at radius 2 is 1.20 bits per heavy atom. The maximum absolute atomic E-state index is 14.2. The number of unbranched alkanes of at least 4 members (excludes halogenated alkanes) is 4. The molecule has 33 heteroatoms. The highest BCUT2D eigenvalue weighted by Gasteiger charge is 2.40. The first-order chi connectivity index (χ1) is 41.7. The van der Waals surface area contributed by atoms with Gasteiger partial charge in [-0.25, -0.2) is 14.8 Å². The van der Waals surface area contributed by atoms with E-state index >= 15 is 0 Å². The fourth-order valence-corrected chi connectivity index (χ4v) is 9.88. The summed E-state index contributed by atoms with van der Waals surface area (Å²) < 4.78 is 39.1. The average Bonchev–Trinajstić information content (AvgIpc) is 4.21. The number of nitrogens with zero attached hydrogens (tertiary/aromatic N) is 2. The van der Waals surface area contributed by atoms with E-state index in [1.807, 2.05) is 0 Å². The third-order valence-electron chi connectivity index (χ3n) is 14.2. The number of carbonyl (C=O) groups excluding carboxylic acids is 11. The topological polar surface area (TPSA) is 490 Å². The summed E-state index contributed by atoms with van der Waals surface area (Å²) in [6.07, 6.45) is 4.12. The number of imidazole rings is 2. The van der Waals surface area contributed by atoms with Crippen LogP contribution < -0.4 is 53.2 Å². The number of esters is 1. The van der Waals surface area contributed by atoms with Gasteiger partial charge in [-0.15, -0.1) is 0 Å². The van der Waals surface area contributed by atoms with Crippen LogP contribution in [0.5, 0.6) is 0 Å². The summed E-state index contributed by atoms with van der Waals surface area (Å²) in [6, 6.07) is -14.5. The molecule has 0 aliphatic carbocycles. The van der Waals surface area contributed by atoms with Crippen LogP contribution in [0.25, 0.3) is 0 Å². The summed E-state index contributed by atoms with van der Waals surface area (Å²) in [5.74, 6) is -11.8. The standard InChI is InChI=1S/C56H92N14O18S/c1-29(2)16-13-11-10-12-14-17-38(73)23-44(75)65-42(26-89(85,86)87)53(81)66-39(20-30(3)4)50(78)59-19-15-18-43(74)64-40(21-36-24-57-27-60-36)51(79)62-32(6)49(77)70-47-35(9)88-56(84)46(34(8)72)69-48(76)31(5)63-52(80)41(22-37-25-58-28-61-37)67-54(82)45(33(7)71)68-55(47)83/h24-25,27-35,38-42,45-47,71-73H,10-23,26H2,1-9H3,(H,57,60)(H,58,61)(H,59,78)(H,62,79)(H,63,80)(H,64,74)(H,65,75)(H,66,81)(H,67,82)(H,68,83)(H,69,76)(H,70,77)(H,85,86,87)/t31-,32+,33-,34-,35+,38-,39+,40+,41?,42+,45?,46?,47?/m1/s1. The zero-order valence-electron chi connectivity index (χ0n) is 51.9. The third kappa shape index (κ3) is 28.2. The van der Waals surface area contributed by atoms with Gasteiger partial charge in [-0.3, -0.25) is 52.5 Å². The van der Waals surface area contributed by atoms with E-state index in [2.05, 4.69) is 87.0 Å². The van der Waals surface area contributed by atoms with Crippen molar-refractivity contribution in [2.75, 3.05) is 12.3 Å². The van der Waals surface area contributed by atoms with Gasteiger partial charge >= 0.3 is 5.97 Å². The summed E-state index contributed by atoms with van der Waals surface area (Å²) in [7, 11) is -4.85. The lowest BCUT2D eigenvalue weighted by molar-refractivity contribution is -0.159. The lowest BCUT2D eigenvalue weighted by Gasteiger charge is -2.31. The first-order valence-electron chi connectivity index (χ1n) is 29.9. The molecule has 0 spiro atoms. The Hall–Kier alpha value is -7.62. The summed E-state index contributed by atoms with van der Waals surface area (Å²) >= 11 is 0. The molecule has 3 heterocycles. The lowest BCUT2D eigenvalue weighted by Crippen LogP contribution is -2.64. The zero-order valence-corrected chi connectivity index (χ0v) is 52.7. The molecule has 1 aliphatic heterocycles. The first-order valence-corrected chi connectivity index (χ1v) is 31.5. The molecule has 0 radical (unpaired) electrons. The molecule has 2 aromatic rings. The Bertz CT molecular complexity index is 2770. The van der Waals surface area contributed by atoms with E-state index in [1.165, 1.54) is 38.9 Å². The van der Waals surface area contributed by atoms with Gasteiger partial charge in [0.25, 0.3) is 10.1 Å². The molecular formula is C56H92N14O18S. The van der Waals surface area contributed by atoms with Crippen molar-refractivity contribution in [1.82, 2.24) is 73.1 Å². The highest BCUT2D eigenvalue weighted by atomic mass is 32.2. The molecule has 2 aromatic heterocycles. The molecule has 1 fully saturated rings. The Morgan fingerprint density at radius 3 is 1.79 bits per heavy atom. The molecule has 32 nitrogen and oxygen atoms in total. The Labute approximate surface area is 517 Å². The number of rotatable bonds is 33. The second-order valence-corrected chi connectivity index (χ2v) is 24.8. The molecule has 4 unspecified atom stereocenters. The summed E-state index contributed by atoms with van der Waals surface area (Å²) in [5.41, 5.74) is 0.720. The molecule has 16 N–H and O–H groups in total. The number of hydrogen-bond acceptors (Lipinski definition) is 19. The lowest BCUT2D eigenvalue weighted by atomic mass is 10.0. The van der Waals surface area contributed by atoms with E-state index in [-0.39, 0.29) is 44.6 Å². The SMILES string of the molecule is CC(C)CCCCCCC[C@@H](O)CC(=O)N[C@@H](CS(=O)(=O)O)C(=O)N[C@@H](CC(C)C)C(=O)NCCCC(=O)N[C@@H](Cc1cnc[nH]1)C(=O)N[C@@H](C)C(=O)NC1C(=O)NC([C@@H](C)O)C(=O)NC(Cc2cnc[nH]2)C(=O)N[C@H](C)C(=O)NC([C@@H](C)O)C(=O)O[C@H]1C. The average molecular weight is 1280 g/mol. The minimum absolute atomic E-state index is 0.0335. The molecule has 1 aliphatic rings. The van der Waals surface area contributed by atoms with Gasteiger partial charge in [0.15, 0.2) is 6.04 Å². The largest absolute Gasteiger partial charge is 0.458 e. The number of aliphatic hydroxyl groups is 3. The number of ether oxygens (including phenoxy) is 1. The molecule has 1 saturated heterocycles. The minimum atomic E-state index is -4.85. The number of aromatic amines is 2. The molecule has 10 amide bonds. The molecule has 0 bridgehead atoms. The van der Waals surface area contributed by atoms with Gasteiger partial charge in [-0.2, -0.15) is 8.42 Å². The van der Waals surface area contributed by atoms with Gasteiger partial charge in [-0.05, 0) is 65.7 Å². The van der Waals surface area contributed by atoms with Crippen LogP contribution in [0, 0.1) is 11.8 Å². The predicted molar refractivity (Wildman–Crippen MR) is 318 cm³/mol. The highest BCUT2D eigenvalue weighted by molar-refractivity contribution is 7.85. The molecule has 0 aromatic carbocycles. The maximum atomic E-state index is 14.2. The van der Waals surface area contributed by atoms with E-state index in [4.69, 9.17) is 4.74 Å². The molecule has 500 valence electrons. The quantitative estimate of drug-likeness (QED) is 0.0192. The highest BCUT2D eigenvalue weighted by Crippen LogP contribution is 2.15. The number of aromatic nitrogens is 4. The number of carbonyl (C=O) groups is 11. The third-order valence-corrected chi connectivity index (χ3v) is 14.9. The van der Waals surface area contributed by atoms with E-state index < -0.39 is 166 Å². The van der Waals surface area contributed by atoms with Crippen molar-refractivity contribution in [2.45, 2.75) is 225 Å². The van der Waals surface area contributed by atoms with Gasteiger partial charge in [0.05, 0.1) is 37.4 Å². The van der Waals surface area contributed by atoms with Crippen LogP contribution >= 0.6 is 0 Å². The maximum Gasteiger partial charge on any atom is 0.331 e. The smallest absolute Gasteiger partial charge is 0.331 e. The first kappa shape index (κ1) is 75.6. The van der Waals surface area contributed by atoms with Crippen LogP contribution in [0.4, 0.5) is 0 Å². The number of H-pyrrole nitrogens is 2. The van der Waals surface area contributed by atoms with Gasteiger partial charge in [-0.1, -0.05) is 66.2 Å². The van der Waals surface area contributed by atoms with Crippen LogP contribution in [-0.2, 0) is 80.4 Å². The van der Waals surface area contributed by atoms with Crippen LogP contribution in [-0.4, -0.2) is 204 Å². The van der Waals surface area contributed by atoms with Crippen molar-refractivity contribution in [1.29, 1.82) is 0 Å². The van der Waals surface area contributed by atoms with Crippen molar-refractivity contribution in [3.63, 3.8) is 0 Å². The van der Waals surface area contributed by atoms with E-state index in [0.29, 0.717) is 30.1 Å². The minimum Gasteiger partial charge on any atom is -0.458 e. The van der Waals surface area contributed by atoms with Gasteiger partial charge in [0, 0.05) is 49.6 Å². The molecule has 89 heavy (non-hydrogen) atoms. The Kier molecular flexibility index (Phi) is 31.8. The van der Waals surface area contributed by atoms with Crippen molar-refractivity contribution in [3.8, 4) is 0 Å². The van der Waals surface area contributed by atoms with E-state index in [9.17, 15) is 81.0 Å². The van der Waals surface area contributed by atoms with Crippen LogP contribution in [0.1, 0.15) is 144 Å². The zero-order chi connectivity index (χ0) is 66.7. The fraction of sp³-hybridized carbons (Fsp3) is 0.696. The van der Waals surface area contributed by atoms with E-state index in [1.54, 1.807) is 13.8 Å². The number of cyclic esters (lactones) is 1. The predicted octanol–water partition coefficient (Wildman–Crippen LogP) is -3.00.